The van der Waals surface area contributed by atoms with E-state index in [9.17, 15) is 4.79 Å². The minimum Gasteiger partial charge on any atom is -0.395 e. The van der Waals surface area contributed by atoms with Crippen LogP contribution < -0.4 is 10.6 Å². The molecule has 2 atom stereocenters. The summed E-state index contributed by atoms with van der Waals surface area (Å²) in [6, 6.07) is 12.6. The number of benzene rings is 2. The summed E-state index contributed by atoms with van der Waals surface area (Å²) in [5, 5.41) is 13.1. The van der Waals surface area contributed by atoms with Crippen LogP contribution in [0.5, 0.6) is 0 Å². The number of fused-ring (bicyclic) bond motifs is 4. The van der Waals surface area contributed by atoms with Crippen molar-refractivity contribution in [3.63, 3.8) is 0 Å². The fourth-order valence-electron chi connectivity index (χ4n) is 4.69. The Bertz CT molecular complexity index is 823. The summed E-state index contributed by atoms with van der Waals surface area (Å²) < 4.78 is 0. The van der Waals surface area contributed by atoms with Gasteiger partial charge in [-0.15, -0.1) is 9.24 Å². The van der Waals surface area contributed by atoms with Crippen LogP contribution in [-0.4, -0.2) is 24.2 Å². The van der Waals surface area contributed by atoms with Gasteiger partial charge in [-0.3, -0.25) is 4.79 Å². The van der Waals surface area contributed by atoms with E-state index in [-0.39, 0.29) is 93.4 Å². The van der Waals surface area contributed by atoms with Crippen molar-refractivity contribution in [2.24, 2.45) is 0 Å². The van der Waals surface area contributed by atoms with Crippen LogP contribution >= 0.6 is 9.24 Å². The summed E-state index contributed by atoms with van der Waals surface area (Å²) in [5.74, 6) is -0.0723. The molecule has 0 heterocycles. The Morgan fingerprint density at radius 3 is 2.31 bits per heavy atom. The Hall–Kier alpha value is 0.819. The van der Waals surface area contributed by atoms with Gasteiger partial charge in [-0.05, 0) is 59.3 Å². The normalized spacial score (nSPS) is 19.3. The molecule has 2 N–H and O–H groups in total. The third-order valence-electron chi connectivity index (χ3n) is 5.58. The number of rotatable bonds is 3. The Morgan fingerprint density at radius 2 is 1.65 bits per heavy atom. The molecular weight excluding hydrogens is 397 g/mol. The first-order valence-corrected chi connectivity index (χ1v) is 9.14. The molecule has 0 fully saturated rings. The molecule has 0 bridgehead atoms. The van der Waals surface area contributed by atoms with Crippen molar-refractivity contribution in [3.8, 4) is 0 Å². The SMILES string of the molecule is O=C(NCCO)c1cccc2c1C1(CCc3cccc(P)c31)CC2.[Ar].[Ar]. The number of hydrogen-bond acceptors (Lipinski definition) is 2. The predicted molar refractivity (Wildman–Crippen MR) is 99.1 cm³/mol. The van der Waals surface area contributed by atoms with E-state index in [1.165, 1.54) is 27.6 Å². The van der Waals surface area contributed by atoms with Gasteiger partial charge in [0.1, 0.15) is 0 Å². The fourth-order valence-corrected chi connectivity index (χ4v) is 5.26. The van der Waals surface area contributed by atoms with Crippen LogP contribution in [0.1, 0.15) is 45.5 Å². The van der Waals surface area contributed by atoms with Crippen LogP contribution in [-0.2, 0) is 18.3 Å². The Kier molecular flexibility index (Phi) is 8.48. The van der Waals surface area contributed by atoms with E-state index in [4.69, 9.17) is 5.11 Å². The van der Waals surface area contributed by atoms with Crippen LogP contribution in [0.25, 0.3) is 0 Å². The van der Waals surface area contributed by atoms with E-state index in [1.54, 1.807) is 0 Å². The fraction of sp³-hybridized carbons (Fsp3) is 0.350. The zero-order valence-electron chi connectivity index (χ0n) is 14.3. The largest absolute Gasteiger partial charge is 0.395 e. The number of hydrogen-bond donors (Lipinski definition) is 2. The molecule has 2 aliphatic rings. The van der Waals surface area contributed by atoms with Crippen molar-refractivity contribution in [1.82, 2.24) is 5.32 Å². The summed E-state index contributed by atoms with van der Waals surface area (Å²) in [7, 11) is 2.89. The quantitative estimate of drug-likeness (QED) is 0.749. The zero-order chi connectivity index (χ0) is 16.7. The van der Waals surface area contributed by atoms with Gasteiger partial charge < -0.3 is 10.4 Å². The van der Waals surface area contributed by atoms with Gasteiger partial charge in [0.25, 0.3) is 5.91 Å². The number of aryl methyl sites for hydroxylation is 2. The van der Waals surface area contributed by atoms with E-state index in [0.29, 0.717) is 6.54 Å². The van der Waals surface area contributed by atoms with Crippen molar-refractivity contribution in [1.29, 1.82) is 0 Å². The third-order valence-corrected chi connectivity index (χ3v) is 6.06. The van der Waals surface area contributed by atoms with Gasteiger partial charge in [0.2, 0.25) is 0 Å². The standard InChI is InChI=1S/C20H22NO2P.2Ar/c22-12-11-21-19(23)15-5-1-3-13-7-9-20(17(13)15)10-8-14-4-2-6-16(24)18(14)20;;/h1-6,22H,7-12,24H2,(H,21,23);;. The third kappa shape index (κ3) is 3.81. The summed E-state index contributed by atoms with van der Waals surface area (Å²) in [6.45, 7) is 0.255. The molecular formula is C20H22Ar2NO2P. The maximum Gasteiger partial charge on any atom is 0.251 e. The smallest absolute Gasteiger partial charge is 0.251 e. The molecule has 2 unspecified atom stereocenters. The molecule has 0 saturated heterocycles. The molecule has 3 nitrogen and oxygen atoms in total. The molecule has 0 aromatic heterocycles. The molecule has 26 heavy (non-hydrogen) atoms. The summed E-state index contributed by atoms with van der Waals surface area (Å²) in [4.78, 5) is 12.7. The van der Waals surface area contributed by atoms with Gasteiger partial charge in [-0.1, -0.05) is 30.3 Å². The summed E-state index contributed by atoms with van der Waals surface area (Å²) >= 11 is 0. The van der Waals surface area contributed by atoms with Crippen molar-refractivity contribution in [3.05, 3.63) is 64.2 Å². The van der Waals surface area contributed by atoms with E-state index >= 15 is 0 Å². The van der Waals surface area contributed by atoms with Crippen molar-refractivity contribution < 1.29 is 85.4 Å². The number of aliphatic hydroxyl groups excluding tert-OH is 1. The van der Waals surface area contributed by atoms with Crippen molar-refractivity contribution in [2.45, 2.75) is 31.1 Å². The van der Waals surface area contributed by atoms with Gasteiger partial charge >= 0.3 is 0 Å². The second-order valence-corrected chi connectivity index (χ2v) is 7.40. The maximum atomic E-state index is 12.7. The minimum absolute atomic E-state index is 0. The second-order valence-electron chi connectivity index (χ2n) is 6.78. The second kappa shape index (κ2) is 9.55. The van der Waals surface area contributed by atoms with Gasteiger partial charge in [0, 0.05) is 93.0 Å². The zero-order valence-corrected chi connectivity index (χ0v) is 16.9. The van der Waals surface area contributed by atoms with E-state index in [0.717, 1.165) is 31.2 Å². The number of nitrogens with one attached hydrogen (secondary N) is 1. The molecule has 2 aliphatic carbocycles. The van der Waals surface area contributed by atoms with Gasteiger partial charge in [0.15, 0.2) is 0 Å². The van der Waals surface area contributed by atoms with Crippen LogP contribution in [0, 0.1) is 75.5 Å². The molecule has 2 aromatic rings. The summed E-state index contributed by atoms with van der Waals surface area (Å²) in [6.07, 6.45) is 4.24. The first kappa shape index (κ1) is 23.1. The maximum absolute atomic E-state index is 12.7. The molecule has 140 valence electrons. The first-order chi connectivity index (χ1) is 11.7. The molecule has 1 amide bonds. The molecule has 0 aliphatic heterocycles. The van der Waals surface area contributed by atoms with Crippen LogP contribution in [0.3, 0.4) is 0 Å². The summed E-state index contributed by atoms with van der Waals surface area (Å²) in [5.41, 5.74) is 6.09. The topological polar surface area (TPSA) is 49.3 Å². The van der Waals surface area contributed by atoms with Crippen LogP contribution in [0.15, 0.2) is 36.4 Å². The first-order valence-electron chi connectivity index (χ1n) is 8.56. The number of carbonyl (C=O) groups is 1. The molecule has 2 aromatic carbocycles. The average molecular weight is 419 g/mol. The Balaban J connectivity index is 0.00000121. The molecule has 0 radical (unpaired) electrons. The van der Waals surface area contributed by atoms with E-state index in [2.05, 4.69) is 38.8 Å². The van der Waals surface area contributed by atoms with Crippen molar-refractivity contribution >= 4 is 20.5 Å². The number of carbonyl (C=O) groups excluding carboxylic acids is 1. The molecule has 4 rings (SSSR count). The van der Waals surface area contributed by atoms with Crippen molar-refractivity contribution in [2.75, 3.05) is 13.2 Å². The van der Waals surface area contributed by atoms with Gasteiger partial charge in [-0.25, -0.2) is 0 Å². The Morgan fingerprint density at radius 1 is 1.04 bits per heavy atom. The monoisotopic (exact) mass is 419 g/mol. The van der Waals surface area contributed by atoms with Gasteiger partial charge in [0.05, 0.1) is 6.61 Å². The molecule has 6 heteroatoms. The predicted octanol–water partition coefficient (Wildman–Crippen LogP) is 2.09. The van der Waals surface area contributed by atoms with E-state index in [1.807, 2.05) is 12.1 Å². The van der Waals surface area contributed by atoms with Crippen LogP contribution in [0.4, 0.5) is 0 Å². The minimum atomic E-state index is -0.0723. The number of amides is 1. The van der Waals surface area contributed by atoms with E-state index < -0.39 is 0 Å². The van der Waals surface area contributed by atoms with Crippen LogP contribution in [0.2, 0.25) is 0 Å². The average Bonchev–Trinajstić information content (AvgIpc) is 3.16. The molecule has 0 saturated carbocycles. The Labute approximate surface area is 216 Å². The van der Waals surface area contributed by atoms with Gasteiger partial charge in [-0.2, -0.15) is 0 Å². The number of aliphatic hydroxyl groups is 1. The molecule has 1 spiro atoms.